The molecular weight excluding hydrogens is 336 g/mol. The highest BCUT2D eigenvalue weighted by Gasteiger charge is 2.10. The van der Waals surface area contributed by atoms with E-state index in [1.807, 2.05) is 0 Å². The molecule has 6 nitrogen and oxygen atoms in total. The van der Waals surface area contributed by atoms with Gasteiger partial charge in [0.1, 0.15) is 11.6 Å². The van der Waals surface area contributed by atoms with Crippen LogP contribution in [-0.4, -0.2) is 9.91 Å². The van der Waals surface area contributed by atoms with Gasteiger partial charge >= 0.3 is 0 Å². The van der Waals surface area contributed by atoms with Crippen molar-refractivity contribution in [3.63, 3.8) is 0 Å². The first kappa shape index (κ1) is 13.6. The Morgan fingerprint density at radius 3 is 2.74 bits per heavy atom. The van der Waals surface area contributed by atoms with Crippen LogP contribution < -0.4 is 11.1 Å². The standard InChI is InChI=1S/C11H8BrClN4O2/c12-8-3-6(1-2-9(8)13)15-11-5-7(17(18)19)4-10(14)16-11/h1-5H,(H3,14,15,16). The molecule has 2 rings (SSSR count). The van der Waals surface area contributed by atoms with Gasteiger partial charge in [-0.05, 0) is 34.1 Å². The molecule has 19 heavy (non-hydrogen) atoms. The van der Waals surface area contributed by atoms with E-state index in [0.717, 1.165) is 0 Å². The molecule has 98 valence electrons. The van der Waals surface area contributed by atoms with Crippen LogP contribution in [0.1, 0.15) is 0 Å². The number of nitrogens with zero attached hydrogens (tertiary/aromatic N) is 2. The zero-order valence-corrected chi connectivity index (χ0v) is 11.8. The van der Waals surface area contributed by atoms with Crippen molar-refractivity contribution in [3.8, 4) is 0 Å². The van der Waals surface area contributed by atoms with E-state index in [2.05, 4.69) is 26.2 Å². The Bertz CT molecular complexity index is 651. The molecule has 1 heterocycles. The molecule has 1 aromatic heterocycles. The summed E-state index contributed by atoms with van der Waals surface area (Å²) in [4.78, 5) is 14.2. The van der Waals surface area contributed by atoms with Crippen LogP contribution in [0.25, 0.3) is 0 Å². The smallest absolute Gasteiger partial charge is 0.276 e. The van der Waals surface area contributed by atoms with Crippen LogP contribution in [-0.2, 0) is 0 Å². The first-order chi connectivity index (χ1) is 8.95. The van der Waals surface area contributed by atoms with Crippen LogP contribution in [0.5, 0.6) is 0 Å². The molecule has 0 aliphatic heterocycles. The van der Waals surface area contributed by atoms with Gasteiger partial charge in [-0.2, -0.15) is 0 Å². The zero-order valence-electron chi connectivity index (χ0n) is 9.43. The van der Waals surface area contributed by atoms with Gasteiger partial charge in [-0.15, -0.1) is 0 Å². The molecule has 0 aliphatic rings. The second kappa shape index (κ2) is 5.41. The van der Waals surface area contributed by atoms with E-state index in [1.165, 1.54) is 12.1 Å². The Morgan fingerprint density at radius 2 is 2.11 bits per heavy atom. The molecule has 0 spiro atoms. The number of pyridine rings is 1. The fraction of sp³-hybridized carbons (Fsp3) is 0. The highest BCUT2D eigenvalue weighted by Crippen LogP contribution is 2.28. The molecule has 3 N–H and O–H groups in total. The third kappa shape index (κ3) is 3.33. The van der Waals surface area contributed by atoms with Crippen molar-refractivity contribution in [1.82, 2.24) is 4.98 Å². The largest absolute Gasteiger partial charge is 0.383 e. The Balaban J connectivity index is 2.32. The number of hydrogen-bond donors (Lipinski definition) is 2. The maximum Gasteiger partial charge on any atom is 0.276 e. The summed E-state index contributed by atoms with van der Waals surface area (Å²) in [7, 11) is 0. The van der Waals surface area contributed by atoms with Crippen LogP contribution in [0, 0.1) is 10.1 Å². The highest BCUT2D eigenvalue weighted by atomic mass is 79.9. The number of halogens is 2. The zero-order chi connectivity index (χ0) is 14.0. The SMILES string of the molecule is Nc1cc([N+](=O)[O-])cc(Nc2ccc(Cl)c(Br)c2)n1. The van der Waals surface area contributed by atoms with Gasteiger partial charge in [-0.3, -0.25) is 10.1 Å². The summed E-state index contributed by atoms with van der Waals surface area (Å²) in [5.41, 5.74) is 6.08. The summed E-state index contributed by atoms with van der Waals surface area (Å²) in [5.74, 6) is 0.366. The average molecular weight is 344 g/mol. The van der Waals surface area contributed by atoms with Crippen molar-refractivity contribution in [3.05, 3.63) is 49.9 Å². The number of rotatable bonds is 3. The molecule has 0 bridgehead atoms. The lowest BCUT2D eigenvalue weighted by atomic mass is 10.3. The third-order valence-electron chi connectivity index (χ3n) is 2.23. The first-order valence-corrected chi connectivity index (χ1v) is 6.27. The average Bonchev–Trinajstić information content (AvgIpc) is 2.33. The minimum absolute atomic E-state index is 0.0738. The minimum Gasteiger partial charge on any atom is -0.383 e. The molecule has 2 aromatic rings. The van der Waals surface area contributed by atoms with E-state index in [1.54, 1.807) is 18.2 Å². The number of nitrogen functional groups attached to an aromatic ring is 1. The fourth-order valence-electron chi connectivity index (χ4n) is 1.43. The Hall–Kier alpha value is -1.86. The summed E-state index contributed by atoms with van der Waals surface area (Å²) in [6, 6.07) is 7.65. The van der Waals surface area contributed by atoms with Crippen molar-refractivity contribution in [1.29, 1.82) is 0 Å². The molecule has 0 amide bonds. The van der Waals surface area contributed by atoms with E-state index in [-0.39, 0.29) is 11.5 Å². The lowest BCUT2D eigenvalue weighted by molar-refractivity contribution is -0.384. The van der Waals surface area contributed by atoms with Crippen molar-refractivity contribution in [2.75, 3.05) is 11.1 Å². The number of nitrogens with two attached hydrogens (primary N) is 1. The van der Waals surface area contributed by atoms with Crippen LogP contribution >= 0.6 is 27.5 Å². The van der Waals surface area contributed by atoms with E-state index < -0.39 is 4.92 Å². The lowest BCUT2D eigenvalue weighted by Gasteiger charge is -2.07. The number of benzene rings is 1. The molecule has 0 saturated carbocycles. The lowest BCUT2D eigenvalue weighted by Crippen LogP contribution is -1.99. The van der Waals surface area contributed by atoms with Crippen LogP contribution in [0.3, 0.4) is 0 Å². The van der Waals surface area contributed by atoms with Gasteiger partial charge in [0.25, 0.3) is 5.69 Å². The van der Waals surface area contributed by atoms with Crippen molar-refractivity contribution in [2.24, 2.45) is 0 Å². The number of nitro groups is 1. The predicted octanol–water partition coefficient (Wildman–Crippen LogP) is 3.73. The van der Waals surface area contributed by atoms with Gasteiger partial charge in [-0.1, -0.05) is 11.6 Å². The molecule has 1 aromatic carbocycles. The summed E-state index contributed by atoms with van der Waals surface area (Å²) >= 11 is 9.16. The van der Waals surface area contributed by atoms with Crippen molar-refractivity contribution < 1.29 is 4.92 Å². The summed E-state index contributed by atoms with van der Waals surface area (Å²) in [6.45, 7) is 0. The molecule has 0 atom stereocenters. The summed E-state index contributed by atoms with van der Waals surface area (Å²) < 4.78 is 0.706. The minimum atomic E-state index is -0.527. The second-order valence-corrected chi connectivity index (χ2v) is 4.91. The molecule has 0 fully saturated rings. The Kier molecular flexibility index (Phi) is 3.87. The number of anilines is 3. The van der Waals surface area contributed by atoms with Crippen molar-refractivity contribution >= 4 is 50.5 Å². The normalized spacial score (nSPS) is 10.2. The number of nitrogens with one attached hydrogen (secondary N) is 1. The van der Waals surface area contributed by atoms with Gasteiger partial charge in [0.15, 0.2) is 0 Å². The first-order valence-electron chi connectivity index (χ1n) is 5.10. The molecule has 0 unspecified atom stereocenters. The molecule has 0 aliphatic carbocycles. The molecule has 8 heteroatoms. The van der Waals surface area contributed by atoms with E-state index in [0.29, 0.717) is 21.0 Å². The second-order valence-electron chi connectivity index (χ2n) is 3.65. The van der Waals surface area contributed by atoms with Gasteiger partial charge in [0.2, 0.25) is 0 Å². The van der Waals surface area contributed by atoms with Gasteiger partial charge in [-0.25, -0.2) is 4.98 Å². The van der Waals surface area contributed by atoms with Gasteiger partial charge < -0.3 is 11.1 Å². The summed E-state index contributed by atoms with van der Waals surface area (Å²) in [5, 5.41) is 14.2. The maximum absolute atomic E-state index is 10.7. The van der Waals surface area contributed by atoms with Gasteiger partial charge in [0, 0.05) is 10.2 Å². The maximum atomic E-state index is 10.7. The van der Waals surface area contributed by atoms with E-state index >= 15 is 0 Å². The van der Waals surface area contributed by atoms with Crippen LogP contribution in [0.2, 0.25) is 5.02 Å². The van der Waals surface area contributed by atoms with Crippen molar-refractivity contribution in [2.45, 2.75) is 0 Å². The topological polar surface area (TPSA) is 94.1 Å². The van der Waals surface area contributed by atoms with Gasteiger partial charge in [0.05, 0.1) is 22.1 Å². The van der Waals surface area contributed by atoms with E-state index in [9.17, 15) is 10.1 Å². The molecular formula is C11H8BrClN4O2. The number of hydrogen-bond acceptors (Lipinski definition) is 5. The Labute approximate surface area is 121 Å². The fourth-order valence-corrected chi connectivity index (χ4v) is 1.92. The Morgan fingerprint density at radius 1 is 1.37 bits per heavy atom. The predicted molar refractivity (Wildman–Crippen MR) is 77.7 cm³/mol. The molecule has 0 radical (unpaired) electrons. The number of aromatic nitrogens is 1. The monoisotopic (exact) mass is 342 g/mol. The van der Waals surface area contributed by atoms with Crippen LogP contribution in [0.15, 0.2) is 34.8 Å². The third-order valence-corrected chi connectivity index (χ3v) is 3.45. The highest BCUT2D eigenvalue weighted by molar-refractivity contribution is 9.10. The quantitative estimate of drug-likeness (QED) is 0.654. The van der Waals surface area contributed by atoms with Crippen LogP contribution in [0.4, 0.5) is 23.0 Å². The summed E-state index contributed by atoms with van der Waals surface area (Å²) in [6.07, 6.45) is 0. The van der Waals surface area contributed by atoms with E-state index in [4.69, 9.17) is 17.3 Å². The molecule has 0 saturated heterocycles.